The zero-order valence-corrected chi connectivity index (χ0v) is 22.6. The zero-order valence-electron chi connectivity index (χ0n) is 22.6. The molecule has 1 aliphatic heterocycles. The first-order chi connectivity index (χ1) is 15.3. The second kappa shape index (κ2) is 13.6. The van der Waals surface area contributed by atoms with Crippen molar-refractivity contribution in [2.24, 2.45) is 11.3 Å². The molecule has 2 rings (SSSR count). The number of halogens is 1. The van der Waals surface area contributed by atoms with Crippen LogP contribution in [0.25, 0.3) is 0 Å². The van der Waals surface area contributed by atoms with E-state index in [4.69, 9.17) is 0 Å². The van der Waals surface area contributed by atoms with Gasteiger partial charge in [-0.25, -0.2) is 4.39 Å². The maximum absolute atomic E-state index is 15.8. The number of hydrogen-bond donors (Lipinski definition) is 0. The second-order valence-corrected chi connectivity index (χ2v) is 11.5. The monoisotopic (exact) mass is 453 g/mol. The number of alkyl halides is 1. The van der Waals surface area contributed by atoms with Crippen molar-refractivity contribution in [2.75, 3.05) is 52.4 Å². The van der Waals surface area contributed by atoms with Crippen molar-refractivity contribution in [1.29, 1.82) is 0 Å². The van der Waals surface area contributed by atoms with Crippen LogP contribution in [0.3, 0.4) is 0 Å². The highest BCUT2D eigenvalue weighted by Crippen LogP contribution is 2.50. The summed E-state index contributed by atoms with van der Waals surface area (Å²) in [6.45, 7) is 21.8. The molecule has 0 aromatic rings. The lowest BCUT2D eigenvalue weighted by Gasteiger charge is -2.41. The molecular weight excluding hydrogens is 397 g/mol. The molecule has 3 nitrogen and oxygen atoms in total. The molecule has 2 fully saturated rings. The largest absolute Gasteiger partial charge is 0.303 e. The van der Waals surface area contributed by atoms with Crippen molar-refractivity contribution in [1.82, 2.24) is 14.7 Å². The van der Waals surface area contributed by atoms with Crippen LogP contribution in [0.1, 0.15) is 106 Å². The van der Waals surface area contributed by atoms with E-state index < -0.39 is 5.67 Å². The van der Waals surface area contributed by atoms with E-state index in [0.717, 1.165) is 45.6 Å². The summed E-state index contributed by atoms with van der Waals surface area (Å²) in [7, 11) is 0. The van der Waals surface area contributed by atoms with Gasteiger partial charge in [-0.15, -0.1) is 0 Å². The average Bonchev–Trinajstić information content (AvgIpc) is 3.54. The maximum atomic E-state index is 15.8. The van der Waals surface area contributed by atoms with Crippen LogP contribution in [0.5, 0.6) is 0 Å². The molecule has 32 heavy (non-hydrogen) atoms. The molecule has 1 atom stereocenters. The lowest BCUT2D eigenvalue weighted by atomic mass is 9.90. The summed E-state index contributed by atoms with van der Waals surface area (Å²) in [5.74, 6) is 0.692. The quantitative estimate of drug-likeness (QED) is 0.245. The van der Waals surface area contributed by atoms with Gasteiger partial charge in [-0.3, -0.25) is 0 Å². The van der Waals surface area contributed by atoms with Crippen LogP contribution in [0.4, 0.5) is 4.39 Å². The smallest absolute Gasteiger partial charge is 0.126 e. The van der Waals surface area contributed by atoms with Crippen molar-refractivity contribution < 1.29 is 4.39 Å². The third kappa shape index (κ3) is 9.22. The Kier molecular flexibility index (Phi) is 12.0. The molecule has 190 valence electrons. The Hall–Kier alpha value is -0.190. The van der Waals surface area contributed by atoms with Crippen LogP contribution in [0, 0.1) is 11.3 Å². The summed E-state index contributed by atoms with van der Waals surface area (Å²) in [6, 6.07) is 0.630. The number of piperidine rings is 1. The SMILES string of the molecule is CCCCC1(CN2CCC(F)(CN(CC)CC(CC)CCCN(CC)C(C)C)CC2)CC1. The standard InChI is InChI=1S/C28H56FN3/c1-7-11-14-27(15-16-27)23-31-20-17-28(29,18-21-31)24-30(9-3)22-26(8-2)13-12-19-32(10-4)25(5)6/h25-26H,7-24H2,1-6H3. The first-order valence-electron chi connectivity index (χ1n) is 14.2. The summed E-state index contributed by atoms with van der Waals surface area (Å²) >= 11 is 0. The Labute approximate surface area is 200 Å². The van der Waals surface area contributed by atoms with Crippen molar-refractivity contribution in [3.63, 3.8) is 0 Å². The Morgan fingerprint density at radius 3 is 2.12 bits per heavy atom. The van der Waals surface area contributed by atoms with E-state index >= 15 is 4.39 Å². The van der Waals surface area contributed by atoms with Crippen molar-refractivity contribution in [2.45, 2.75) is 117 Å². The molecule has 1 aliphatic carbocycles. The number of likely N-dealkylation sites (tertiary alicyclic amines) is 1. The third-order valence-corrected chi connectivity index (χ3v) is 8.57. The molecule has 0 aromatic heterocycles. The summed E-state index contributed by atoms with van der Waals surface area (Å²) < 4.78 is 15.8. The van der Waals surface area contributed by atoms with Gasteiger partial charge >= 0.3 is 0 Å². The summed E-state index contributed by atoms with van der Waals surface area (Å²) in [4.78, 5) is 7.57. The topological polar surface area (TPSA) is 9.72 Å². The molecule has 4 heteroatoms. The fourth-order valence-corrected chi connectivity index (χ4v) is 5.82. The molecule has 0 amide bonds. The Balaban J connectivity index is 1.74. The average molecular weight is 454 g/mol. The van der Waals surface area contributed by atoms with Gasteiger partial charge in [0.2, 0.25) is 0 Å². The molecule has 0 N–H and O–H groups in total. The van der Waals surface area contributed by atoms with Gasteiger partial charge in [0, 0.05) is 38.8 Å². The van der Waals surface area contributed by atoms with Gasteiger partial charge in [-0.05, 0) is 89.8 Å². The minimum absolute atomic E-state index is 0.596. The van der Waals surface area contributed by atoms with Gasteiger partial charge in [0.15, 0.2) is 0 Å². The van der Waals surface area contributed by atoms with Crippen LogP contribution in [0.2, 0.25) is 0 Å². The Bertz CT molecular complexity index is 497. The fraction of sp³-hybridized carbons (Fsp3) is 1.00. The predicted molar refractivity (Wildman–Crippen MR) is 138 cm³/mol. The van der Waals surface area contributed by atoms with Gasteiger partial charge in [-0.1, -0.05) is 47.0 Å². The van der Waals surface area contributed by atoms with Crippen LogP contribution in [-0.2, 0) is 0 Å². The predicted octanol–water partition coefficient (Wildman–Crippen LogP) is 6.62. The highest BCUT2D eigenvalue weighted by molar-refractivity contribution is 4.98. The number of hydrogen-bond acceptors (Lipinski definition) is 3. The normalized spacial score (nSPS) is 21.6. The summed E-state index contributed by atoms with van der Waals surface area (Å²) in [5, 5.41) is 0. The Morgan fingerprint density at radius 1 is 0.938 bits per heavy atom. The fourth-order valence-electron chi connectivity index (χ4n) is 5.82. The number of unbranched alkanes of at least 4 members (excludes halogenated alkanes) is 1. The van der Waals surface area contributed by atoms with E-state index in [1.807, 2.05) is 0 Å². The molecule has 0 radical (unpaired) electrons. The van der Waals surface area contributed by atoms with E-state index in [2.05, 4.69) is 56.2 Å². The molecular formula is C28H56FN3. The van der Waals surface area contributed by atoms with Crippen LogP contribution < -0.4 is 0 Å². The van der Waals surface area contributed by atoms with Gasteiger partial charge in [0.1, 0.15) is 5.67 Å². The number of rotatable bonds is 17. The maximum Gasteiger partial charge on any atom is 0.126 e. The Morgan fingerprint density at radius 2 is 1.62 bits per heavy atom. The molecule has 2 aliphatic rings. The minimum Gasteiger partial charge on any atom is -0.303 e. The van der Waals surface area contributed by atoms with E-state index in [-0.39, 0.29) is 0 Å². The van der Waals surface area contributed by atoms with Gasteiger partial charge in [-0.2, -0.15) is 0 Å². The lowest BCUT2D eigenvalue weighted by molar-refractivity contribution is 0.0149. The molecule has 0 aromatic carbocycles. The van der Waals surface area contributed by atoms with Gasteiger partial charge in [0.05, 0.1) is 0 Å². The molecule has 0 bridgehead atoms. The van der Waals surface area contributed by atoms with E-state index in [9.17, 15) is 0 Å². The molecule has 1 unspecified atom stereocenters. The molecule has 1 heterocycles. The highest BCUT2D eigenvalue weighted by atomic mass is 19.1. The van der Waals surface area contributed by atoms with Crippen LogP contribution in [0.15, 0.2) is 0 Å². The minimum atomic E-state index is -0.985. The van der Waals surface area contributed by atoms with E-state index in [1.54, 1.807) is 0 Å². The van der Waals surface area contributed by atoms with Crippen LogP contribution >= 0.6 is 0 Å². The van der Waals surface area contributed by atoms with Gasteiger partial charge < -0.3 is 14.7 Å². The molecule has 1 saturated carbocycles. The summed E-state index contributed by atoms with van der Waals surface area (Å²) in [6.07, 6.45) is 12.0. The van der Waals surface area contributed by atoms with E-state index in [1.165, 1.54) is 64.5 Å². The number of nitrogens with zero attached hydrogens (tertiary/aromatic N) is 3. The molecule has 0 spiro atoms. The van der Waals surface area contributed by atoms with Crippen molar-refractivity contribution >= 4 is 0 Å². The third-order valence-electron chi connectivity index (χ3n) is 8.57. The van der Waals surface area contributed by atoms with E-state index in [0.29, 0.717) is 23.9 Å². The summed E-state index contributed by atoms with van der Waals surface area (Å²) in [5.41, 5.74) is -0.388. The zero-order chi connectivity index (χ0) is 23.6. The van der Waals surface area contributed by atoms with Crippen molar-refractivity contribution in [3.8, 4) is 0 Å². The first-order valence-corrected chi connectivity index (χ1v) is 14.2. The highest BCUT2D eigenvalue weighted by Gasteiger charge is 2.45. The first kappa shape index (κ1) is 28.1. The van der Waals surface area contributed by atoms with Gasteiger partial charge in [0.25, 0.3) is 0 Å². The molecule has 1 saturated heterocycles. The second-order valence-electron chi connectivity index (χ2n) is 11.5. The lowest BCUT2D eigenvalue weighted by Crippen LogP contribution is -2.50. The van der Waals surface area contributed by atoms with Crippen molar-refractivity contribution in [3.05, 3.63) is 0 Å². The van der Waals surface area contributed by atoms with Crippen LogP contribution in [-0.4, -0.2) is 78.8 Å².